The van der Waals surface area contributed by atoms with Crippen molar-refractivity contribution in [1.29, 1.82) is 0 Å². The van der Waals surface area contributed by atoms with Crippen LogP contribution in [-0.4, -0.2) is 15.0 Å². The van der Waals surface area contributed by atoms with E-state index in [9.17, 15) is 0 Å². The quantitative estimate of drug-likeness (QED) is 0.739. The summed E-state index contributed by atoms with van der Waals surface area (Å²) < 4.78 is 0. The zero-order valence-corrected chi connectivity index (χ0v) is 15.0. The third-order valence-corrected chi connectivity index (χ3v) is 3.63. The van der Waals surface area contributed by atoms with E-state index in [4.69, 9.17) is 5.73 Å². The van der Waals surface area contributed by atoms with Crippen LogP contribution in [0.1, 0.15) is 37.7 Å². The van der Waals surface area contributed by atoms with Gasteiger partial charge < -0.3 is 11.1 Å². The molecule has 1 aromatic carbocycles. The van der Waals surface area contributed by atoms with Crippen molar-refractivity contribution in [1.82, 2.24) is 15.0 Å². The first kappa shape index (κ1) is 17.7. The molecule has 2 aromatic heterocycles. The van der Waals surface area contributed by atoms with Gasteiger partial charge in [-0.05, 0) is 44.0 Å². The highest BCUT2D eigenvalue weighted by Gasteiger charge is 2.06. The van der Waals surface area contributed by atoms with E-state index in [1.807, 2.05) is 45.9 Å². The molecule has 0 radical (unpaired) electrons. The zero-order valence-electron chi connectivity index (χ0n) is 15.0. The molecule has 3 N–H and O–H groups in total. The molecule has 0 aliphatic carbocycles. The highest BCUT2D eigenvalue weighted by atomic mass is 15.0. The topological polar surface area (TPSA) is 76.7 Å². The van der Waals surface area contributed by atoms with Crippen molar-refractivity contribution in [3.05, 3.63) is 47.4 Å². The number of nitrogen functional groups attached to an aromatic ring is 1. The van der Waals surface area contributed by atoms with Crippen LogP contribution < -0.4 is 11.1 Å². The molecule has 3 aromatic rings. The van der Waals surface area contributed by atoms with E-state index >= 15 is 0 Å². The summed E-state index contributed by atoms with van der Waals surface area (Å²) in [5, 5.41) is 4.43. The van der Waals surface area contributed by atoms with Gasteiger partial charge in [0, 0.05) is 11.1 Å². The second kappa shape index (κ2) is 7.73. The molecule has 0 spiro atoms. The lowest BCUT2D eigenvalue weighted by Gasteiger charge is -2.11. The zero-order chi connectivity index (χ0) is 17.7. The summed E-state index contributed by atoms with van der Waals surface area (Å²) in [5.41, 5.74) is 10.7. The molecule has 5 nitrogen and oxygen atoms in total. The van der Waals surface area contributed by atoms with Crippen LogP contribution in [0.3, 0.4) is 0 Å². The van der Waals surface area contributed by atoms with E-state index in [0.29, 0.717) is 5.82 Å². The number of fused-ring (bicyclic) bond motifs is 1. The number of nitrogens with zero attached hydrogens (tertiary/aromatic N) is 3. The van der Waals surface area contributed by atoms with Gasteiger partial charge in [-0.25, -0.2) is 9.97 Å². The van der Waals surface area contributed by atoms with Crippen LogP contribution in [0.4, 0.5) is 17.3 Å². The minimum atomic E-state index is 0.549. The van der Waals surface area contributed by atoms with Gasteiger partial charge in [0.15, 0.2) is 5.82 Å². The molecule has 126 valence electrons. The largest absolute Gasteiger partial charge is 0.384 e. The van der Waals surface area contributed by atoms with Crippen LogP contribution in [0.25, 0.3) is 10.9 Å². The Balaban J connectivity index is 0.00000100. The minimum Gasteiger partial charge on any atom is -0.384 e. The molecular weight excluding hydrogens is 298 g/mol. The van der Waals surface area contributed by atoms with Crippen molar-refractivity contribution in [2.45, 2.75) is 41.0 Å². The van der Waals surface area contributed by atoms with Gasteiger partial charge in [0.2, 0.25) is 0 Å². The second-order valence-corrected chi connectivity index (χ2v) is 5.36. The number of nitrogens with one attached hydrogen (secondary N) is 1. The molecule has 0 fully saturated rings. The van der Waals surface area contributed by atoms with Crippen molar-refractivity contribution >= 4 is 28.2 Å². The van der Waals surface area contributed by atoms with Gasteiger partial charge in [0.25, 0.3) is 0 Å². The summed E-state index contributed by atoms with van der Waals surface area (Å²) >= 11 is 0. The maximum absolute atomic E-state index is 5.89. The van der Waals surface area contributed by atoms with E-state index in [0.717, 1.165) is 40.2 Å². The predicted molar refractivity (Wildman–Crippen MR) is 102 cm³/mol. The van der Waals surface area contributed by atoms with Crippen molar-refractivity contribution in [2.75, 3.05) is 11.1 Å². The van der Waals surface area contributed by atoms with Gasteiger partial charge in [-0.3, -0.25) is 4.98 Å². The van der Waals surface area contributed by atoms with Crippen molar-refractivity contribution < 1.29 is 0 Å². The number of aryl methyl sites for hydroxylation is 3. The molecule has 0 saturated heterocycles. The first-order chi connectivity index (χ1) is 11.6. The van der Waals surface area contributed by atoms with Gasteiger partial charge in [-0.1, -0.05) is 26.8 Å². The molecule has 0 amide bonds. The lowest BCUT2D eigenvalue weighted by molar-refractivity contribution is 1.06. The molecule has 0 aliphatic heterocycles. The number of rotatable bonds is 3. The van der Waals surface area contributed by atoms with E-state index in [2.05, 4.69) is 33.3 Å². The molecule has 0 aliphatic rings. The molecule has 3 rings (SSSR count). The Kier molecular flexibility index (Phi) is 5.68. The summed E-state index contributed by atoms with van der Waals surface area (Å²) in [5.74, 6) is 1.30. The first-order valence-electron chi connectivity index (χ1n) is 8.33. The van der Waals surface area contributed by atoms with Gasteiger partial charge in [-0.2, -0.15) is 0 Å². The second-order valence-electron chi connectivity index (χ2n) is 5.36. The number of benzene rings is 1. The number of hydrogen-bond acceptors (Lipinski definition) is 5. The Hall–Kier alpha value is -2.69. The number of hydrogen-bond donors (Lipinski definition) is 2. The fourth-order valence-corrected chi connectivity index (χ4v) is 2.55. The molecule has 0 bridgehead atoms. The van der Waals surface area contributed by atoms with Gasteiger partial charge in [0.1, 0.15) is 5.82 Å². The number of aromatic nitrogens is 3. The van der Waals surface area contributed by atoms with Crippen molar-refractivity contribution in [3.63, 3.8) is 0 Å². The van der Waals surface area contributed by atoms with Crippen molar-refractivity contribution in [2.24, 2.45) is 0 Å². The van der Waals surface area contributed by atoms with Crippen LogP contribution in [0.2, 0.25) is 0 Å². The van der Waals surface area contributed by atoms with E-state index in [1.54, 1.807) is 6.20 Å². The van der Waals surface area contributed by atoms with E-state index in [1.165, 1.54) is 5.56 Å². The summed E-state index contributed by atoms with van der Waals surface area (Å²) in [4.78, 5) is 13.2. The van der Waals surface area contributed by atoms with Crippen LogP contribution in [0.5, 0.6) is 0 Å². The average Bonchev–Trinajstić information content (AvgIpc) is 2.58. The summed E-state index contributed by atoms with van der Waals surface area (Å²) in [7, 11) is 0. The van der Waals surface area contributed by atoms with Gasteiger partial charge in [0.05, 0.1) is 23.1 Å². The summed E-state index contributed by atoms with van der Waals surface area (Å²) in [6.07, 6.45) is 2.68. The van der Waals surface area contributed by atoms with E-state index < -0.39 is 0 Å². The SMILES string of the molecule is CC.CCc1cc(N)nc2cc(Nc3ncc(C)nc3C)ccc12. The van der Waals surface area contributed by atoms with Crippen LogP contribution in [0, 0.1) is 13.8 Å². The first-order valence-corrected chi connectivity index (χ1v) is 8.33. The molecule has 2 heterocycles. The monoisotopic (exact) mass is 323 g/mol. The standard InChI is InChI=1S/C17H19N5.C2H6/c1-4-12-7-16(18)22-15-8-13(5-6-14(12)15)21-17-11(3)20-10(2)9-19-17;1-2/h5-9H,4H2,1-3H3,(H2,18,22)(H,19,21);1-2H3. The minimum absolute atomic E-state index is 0.549. The maximum Gasteiger partial charge on any atom is 0.151 e. The highest BCUT2D eigenvalue weighted by molar-refractivity contribution is 5.87. The highest BCUT2D eigenvalue weighted by Crippen LogP contribution is 2.25. The molecular formula is C19H25N5. The van der Waals surface area contributed by atoms with Crippen molar-refractivity contribution in [3.8, 4) is 0 Å². The van der Waals surface area contributed by atoms with Gasteiger partial charge in [-0.15, -0.1) is 0 Å². The van der Waals surface area contributed by atoms with Crippen LogP contribution in [-0.2, 0) is 6.42 Å². The smallest absolute Gasteiger partial charge is 0.151 e. The third kappa shape index (κ3) is 3.79. The Bertz CT molecular complexity index is 843. The average molecular weight is 323 g/mol. The third-order valence-electron chi connectivity index (χ3n) is 3.63. The molecule has 24 heavy (non-hydrogen) atoms. The van der Waals surface area contributed by atoms with Crippen LogP contribution in [0.15, 0.2) is 30.5 Å². The fraction of sp³-hybridized carbons (Fsp3) is 0.316. The lowest BCUT2D eigenvalue weighted by atomic mass is 10.1. The fourth-order valence-electron chi connectivity index (χ4n) is 2.55. The number of anilines is 3. The van der Waals surface area contributed by atoms with Crippen LogP contribution >= 0.6 is 0 Å². The Morgan fingerprint density at radius 3 is 2.50 bits per heavy atom. The predicted octanol–water partition coefficient (Wildman–Crippen LogP) is 4.56. The summed E-state index contributed by atoms with van der Waals surface area (Å²) in [6.45, 7) is 9.99. The Morgan fingerprint density at radius 2 is 1.83 bits per heavy atom. The summed E-state index contributed by atoms with van der Waals surface area (Å²) in [6, 6.07) is 8.02. The normalized spacial score (nSPS) is 10.2. The lowest BCUT2D eigenvalue weighted by Crippen LogP contribution is -2.00. The molecule has 0 saturated carbocycles. The maximum atomic E-state index is 5.89. The number of nitrogens with two attached hydrogens (primary N) is 1. The molecule has 5 heteroatoms. The molecule has 0 atom stereocenters. The Labute approximate surface area is 143 Å². The molecule has 0 unspecified atom stereocenters. The number of pyridine rings is 1. The Morgan fingerprint density at radius 1 is 1.08 bits per heavy atom. The van der Waals surface area contributed by atoms with E-state index in [-0.39, 0.29) is 0 Å². The van der Waals surface area contributed by atoms with Gasteiger partial charge >= 0.3 is 0 Å².